The van der Waals surface area contributed by atoms with Crippen LogP contribution >= 0.6 is 11.6 Å². The molecule has 0 aliphatic rings. The van der Waals surface area contributed by atoms with Gasteiger partial charge < -0.3 is 16.4 Å². The van der Waals surface area contributed by atoms with E-state index in [9.17, 15) is 4.79 Å². The van der Waals surface area contributed by atoms with Gasteiger partial charge >= 0.3 is 0 Å². The van der Waals surface area contributed by atoms with E-state index in [-0.39, 0.29) is 5.91 Å². The Labute approximate surface area is 153 Å². The zero-order valence-corrected chi connectivity index (χ0v) is 15.0. The summed E-state index contributed by atoms with van der Waals surface area (Å²) < 4.78 is 0. The van der Waals surface area contributed by atoms with Gasteiger partial charge in [0.1, 0.15) is 0 Å². The number of aliphatic imine (C=N–C) groups is 1. The summed E-state index contributed by atoms with van der Waals surface area (Å²) in [4.78, 5) is 16.1. The van der Waals surface area contributed by atoms with E-state index in [0.717, 1.165) is 17.8 Å². The lowest BCUT2D eigenvalue weighted by Crippen LogP contribution is -2.23. The fourth-order valence-electron chi connectivity index (χ4n) is 2.21. The van der Waals surface area contributed by atoms with Crippen molar-refractivity contribution in [3.05, 3.63) is 59.1 Å². The maximum absolute atomic E-state index is 11.9. The summed E-state index contributed by atoms with van der Waals surface area (Å²) in [5.74, 6) is 0.293. The smallest absolute Gasteiger partial charge is 0.224 e. The summed E-state index contributed by atoms with van der Waals surface area (Å²) in [7, 11) is 0. The third-order valence-electron chi connectivity index (χ3n) is 3.61. The third kappa shape index (κ3) is 6.85. The molecule has 0 saturated carbocycles. The van der Waals surface area contributed by atoms with Gasteiger partial charge in [-0.2, -0.15) is 0 Å². The number of aryl methyl sites for hydroxylation is 1. The van der Waals surface area contributed by atoms with Crippen molar-refractivity contribution in [1.29, 1.82) is 0 Å². The van der Waals surface area contributed by atoms with Crippen LogP contribution in [0.2, 0.25) is 5.02 Å². The second kappa shape index (κ2) is 9.69. The highest BCUT2D eigenvalue weighted by Crippen LogP contribution is 2.13. The van der Waals surface area contributed by atoms with E-state index in [0.29, 0.717) is 30.4 Å². The first-order valence-corrected chi connectivity index (χ1v) is 8.66. The van der Waals surface area contributed by atoms with Crippen LogP contribution < -0.4 is 16.4 Å². The highest BCUT2D eigenvalue weighted by atomic mass is 35.5. The highest BCUT2D eigenvalue weighted by Gasteiger charge is 2.02. The second-order valence-electron chi connectivity index (χ2n) is 5.60. The van der Waals surface area contributed by atoms with Gasteiger partial charge in [0.25, 0.3) is 0 Å². The number of benzene rings is 2. The number of nitrogens with one attached hydrogen (secondary N) is 2. The fourth-order valence-corrected chi connectivity index (χ4v) is 2.33. The van der Waals surface area contributed by atoms with Gasteiger partial charge in [-0.05, 0) is 54.8 Å². The molecular weight excluding hydrogens is 336 g/mol. The van der Waals surface area contributed by atoms with Crippen LogP contribution in [0, 0.1) is 0 Å². The Balaban J connectivity index is 1.70. The van der Waals surface area contributed by atoms with Crippen molar-refractivity contribution in [2.75, 3.05) is 17.2 Å². The Kier molecular flexibility index (Phi) is 7.29. The molecule has 0 aliphatic heterocycles. The number of hydrogen-bond acceptors (Lipinski definition) is 2. The first-order chi connectivity index (χ1) is 12.1. The van der Waals surface area contributed by atoms with E-state index in [1.807, 2.05) is 12.1 Å². The van der Waals surface area contributed by atoms with Crippen molar-refractivity contribution in [3.63, 3.8) is 0 Å². The summed E-state index contributed by atoms with van der Waals surface area (Å²) in [5.41, 5.74) is 8.76. The summed E-state index contributed by atoms with van der Waals surface area (Å²) >= 11 is 5.81. The SMILES string of the molecule is CCc1ccc(NC(N)=NCCCC(=O)Nc2ccc(Cl)cc2)cc1. The second-order valence-corrected chi connectivity index (χ2v) is 6.04. The molecule has 2 aromatic rings. The van der Waals surface area contributed by atoms with Gasteiger partial charge in [0.05, 0.1) is 0 Å². The van der Waals surface area contributed by atoms with E-state index in [1.54, 1.807) is 24.3 Å². The highest BCUT2D eigenvalue weighted by molar-refractivity contribution is 6.30. The fraction of sp³-hybridized carbons (Fsp3) is 0.263. The monoisotopic (exact) mass is 358 g/mol. The average Bonchev–Trinajstić information content (AvgIpc) is 2.61. The standard InChI is InChI=1S/C19H23ClN4O/c1-2-14-5-9-17(10-6-14)24-19(21)22-13-3-4-18(25)23-16-11-7-15(20)8-12-16/h5-12H,2-4,13H2,1H3,(H,23,25)(H3,21,22,24). The van der Waals surface area contributed by atoms with Crippen molar-refractivity contribution < 1.29 is 4.79 Å². The van der Waals surface area contributed by atoms with Gasteiger partial charge in [0, 0.05) is 29.4 Å². The van der Waals surface area contributed by atoms with Gasteiger partial charge in [0.15, 0.2) is 5.96 Å². The predicted molar refractivity (Wildman–Crippen MR) is 105 cm³/mol. The van der Waals surface area contributed by atoms with Gasteiger partial charge in [-0.25, -0.2) is 0 Å². The molecule has 5 nitrogen and oxygen atoms in total. The molecule has 0 aliphatic carbocycles. The molecule has 0 aromatic heterocycles. The Morgan fingerprint density at radius 2 is 1.64 bits per heavy atom. The lowest BCUT2D eigenvalue weighted by Gasteiger charge is -2.07. The number of carbonyl (C=O) groups excluding carboxylic acids is 1. The Morgan fingerprint density at radius 3 is 2.28 bits per heavy atom. The predicted octanol–water partition coefficient (Wildman–Crippen LogP) is 4.05. The topological polar surface area (TPSA) is 79.5 Å². The zero-order chi connectivity index (χ0) is 18.1. The van der Waals surface area contributed by atoms with E-state index < -0.39 is 0 Å². The molecule has 0 heterocycles. The molecule has 6 heteroatoms. The minimum absolute atomic E-state index is 0.0563. The molecule has 0 fully saturated rings. The quantitative estimate of drug-likeness (QED) is 0.397. The van der Waals surface area contributed by atoms with Crippen molar-refractivity contribution in [2.24, 2.45) is 10.7 Å². The molecule has 2 aromatic carbocycles. The van der Waals surface area contributed by atoms with Crippen molar-refractivity contribution >= 4 is 34.8 Å². The molecule has 0 spiro atoms. The largest absolute Gasteiger partial charge is 0.370 e. The molecular formula is C19H23ClN4O. The molecule has 0 radical (unpaired) electrons. The number of halogens is 1. The number of guanidine groups is 1. The number of hydrogen-bond donors (Lipinski definition) is 3. The summed E-state index contributed by atoms with van der Waals surface area (Å²) in [5, 5.41) is 6.49. The van der Waals surface area contributed by atoms with Crippen LogP contribution in [0.1, 0.15) is 25.3 Å². The van der Waals surface area contributed by atoms with E-state index in [2.05, 4.69) is 34.7 Å². The molecule has 132 valence electrons. The normalized spacial score (nSPS) is 11.2. The Hall–Kier alpha value is -2.53. The van der Waals surface area contributed by atoms with Crippen LogP contribution in [-0.2, 0) is 11.2 Å². The number of rotatable bonds is 7. The Morgan fingerprint density at radius 1 is 1.04 bits per heavy atom. The summed E-state index contributed by atoms with van der Waals surface area (Å²) in [6.07, 6.45) is 2.00. The first-order valence-electron chi connectivity index (χ1n) is 8.28. The molecule has 0 unspecified atom stereocenters. The van der Waals surface area contributed by atoms with E-state index in [1.165, 1.54) is 5.56 Å². The van der Waals surface area contributed by atoms with Gasteiger partial charge in [-0.15, -0.1) is 0 Å². The number of nitrogens with two attached hydrogens (primary N) is 1. The van der Waals surface area contributed by atoms with Crippen LogP contribution in [0.4, 0.5) is 11.4 Å². The average molecular weight is 359 g/mol. The van der Waals surface area contributed by atoms with Crippen LogP contribution in [0.15, 0.2) is 53.5 Å². The number of amides is 1. The minimum Gasteiger partial charge on any atom is -0.370 e. The minimum atomic E-state index is -0.0563. The van der Waals surface area contributed by atoms with Crippen molar-refractivity contribution in [2.45, 2.75) is 26.2 Å². The summed E-state index contributed by atoms with van der Waals surface area (Å²) in [6, 6.07) is 15.1. The molecule has 2 rings (SSSR count). The van der Waals surface area contributed by atoms with Crippen LogP contribution in [-0.4, -0.2) is 18.4 Å². The van der Waals surface area contributed by atoms with Crippen LogP contribution in [0.25, 0.3) is 0 Å². The number of carbonyl (C=O) groups is 1. The van der Waals surface area contributed by atoms with Crippen LogP contribution in [0.5, 0.6) is 0 Å². The maximum atomic E-state index is 11.9. The van der Waals surface area contributed by atoms with Gasteiger partial charge in [0.2, 0.25) is 5.91 Å². The number of anilines is 2. The molecule has 0 bridgehead atoms. The number of nitrogens with zero attached hydrogens (tertiary/aromatic N) is 1. The third-order valence-corrected chi connectivity index (χ3v) is 3.86. The lowest BCUT2D eigenvalue weighted by molar-refractivity contribution is -0.116. The molecule has 25 heavy (non-hydrogen) atoms. The lowest BCUT2D eigenvalue weighted by atomic mass is 10.1. The van der Waals surface area contributed by atoms with Gasteiger partial charge in [-0.3, -0.25) is 9.79 Å². The van der Waals surface area contributed by atoms with Crippen molar-refractivity contribution in [1.82, 2.24) is 0 Å². The van der Waals surface area contributed by atoms with E-state index >= 15 is 0 Å². The summed E-state index contributed by atoms with van der Waals surface area (Å²) in [6.45, 7) is 2.60. The molecule has 4 N–H and O–H groups in total. The zero-order valence-electron chi connectivity index (χ0n) is 14.3. The molecule has 1 amide bonds. The van der Waals surface area contributed by atoms with Crippen LogP contribution in [0.3, 0.4) is 0 Å². The van der Waals surface area contributed by atoms with E-state index in [4.69, 9.17) is 17.3 Å². The van der Waals surface area contributed by atoms with Crippen molar-refractivity contribution in [3.8, 4) is 0 Å². The molecule has 0 atom stereocenters. The Bertz CT molecular complexity index is 711. The maximum Gasteiger partial charge on any atom is 0.224 e. The molecule has 0 saturated heterocycles. The van der Waals surface area contributed by atoms with Gasteiger partial charge in [-0.1, -0.05) is 30.7 Å². The first kappa shape index (κ1) is 18.8.